The molecule has 0 saturated carbocycles. The quantitative estimate of drug-likeness (QED) is 0.392. The van der Waals surface area contributed by atoms with Gasteiger partial charge in [0.2, 0.25) is 0 Å². The maximum atomic E-state index is 2.25. The first-order valence-electron chi connectivity index (χ1n) is 1.90. The molecule has 1 heterocycles. The molecule has 29 valence electrons. The van der Waals surface area contributed by atoms with Crippen LogP contribution in [0.2, 0.25) is 0 Å². The van der Waals surface area contributed by atoms with Crippen molar-refractivity contribution in [1.82, 2.24) is 4.90 Å². The Kier molecular flexibility index (Phi) is 0.618. The highest BCUT2D eigenvalue weighted by Crippen LogP contribution is 1.96. The Morgan fingerprint density at radius 1 is 1.60 bits per heavy atom. The standard InChI is InChI=1S/C4H8N/c1-5-3-2-4-5/h2H,3-4H2,1H3. The molecule has 1 radical (unpaired) electrons. The highest BCUT2D eigenvalue weighted by atomic mass is 15.1. The molecule has 1 fully saturated rings. The molecule has 0 aromatic heterocycles. The zero-order valence-corrected chi connectivity index (χ0v) is 3.44. The molecule has 0 amide bonds. The lowest BCUT2D eigenvalue weighted by molar-refractivity contribution is 0.303. The number of hydrogen-bond acceptors (Lipinski definition) is 1. The lowest BCUT2D eigenvalue weighted by Crippen LogP contribution is -2.33. The molecule has 0 atom stereocenters. The van der Waals surface area contributed by atoms with Gasteiger partial charge in [0.05, 0.1) is 0 Å². The normalized spacial score (nSPS) is 25.8. The van der Waals surface area contributed by atoms with E-state index >= 15 is 0 Å². The van der Waals surface area contributed by atoms with Crippen molar-refractivity contribution in [1.29, 1.82) is 0 Å². The largest absolute Gasteiger partial charge is 0.306 e. The van der Waals surface area contributed by atoms with Gasteiger partial charge in [-0.1, -0.05) is 0 Å². The van der Waals surface area contributed by atoms with Gasteiger partial charge < -0.3 is 4.90 Å². The molecule has 1 rings (SSSR count). The van der Waals surface area contributed by atoms with Gasteiger partial charge in [-0.3, -0.25) is 0 Å². The van der Waals surface area contributed by atoms with Crippen LogP contribution < -0.4 is 0 Å². The molecule has 1 aliphatic heterocycles. The van der Waals surface area contributed by atoms with E-state index in [1.807, 2.05) is 0 Å². The molecule has 0 unspecified atom stereocenters. The minimum Gasteiger partial charge on any atom is -0.306 e. The maximum Gasteiger partial charge on any atom is 0.00226 e. The summed E-state index contributed by atoms with van der Waals surface area (Å²) in [6.07, 6.45) is 2.25. The average Bonchev–Trinajstić information content (AvgIpc) is 1.30. The SMILES string of the molecule is CN1C[CH]C1. The van der Waals surface area contributed by atoms with Crippen molar-refractivity contribution in [3.8, 4) is 0 Å². The van der Waals surface area contributed by atoms with E-state index < -0.39 is 0 Å². The van der Waals surface area contributed by atoms with Gasteiger partial charge in [-0.2, -0.15) is 0 Å². The monoisotopic (exact) mass is 70.1 g/mol. The Morgan fingerprint density at radius 2 is 2.00 bits per heavy atom. The topological polar surface area (TPSA) is 3.24 Å². The van der Waals surface area contributed by atoms with Crippen LogP contribution in [-0.2, 0) is 0 Å². The second-order valence-electron chi connectivity index (χ2n) is 1.51. The van der Waals surface area contributed by atoms with Gasteiger partial charge in [-0.05, 0) is 13.5 Å². The summed E-state index contributed by atoms with van der Waals surface area (Å²) >= 11 is 0. The zero-order valence-electron chi connectivity index (χ0n) is 3.44. The van der Waals surface area contributed by atoms with Crippen molar-refractivity contribution in [3.63, 3.8) is 0 Å². The van der Waals surface area contributed by atoms with Gasteiger partial charge >= 0.3 is 0 Å². The molecule has 0 bridgehead atoms. The summed E-state index contributed by atoms with van der Waals surface area (Å²) in [6, 6.07) is 0. The van der Waals surface area contributed by atoms with Crippen molar-refractivity contribution >= 4 is 0 Å². The molecule has 5 heavy (non-hydrogen) atoms. The maximum absolute atomic E-state index is 2.25. The van der Waals surface area contributed by atoms with E-state index in [0.29, 0.717) is 0 Å². The average molecular weight is 70.1 g/mol. The van der Waals surface area contributed by atoms with Crippen molar-refractivity contribution in [3.05, 3.63) is 6.42 Å². The number of nitrogens with zero attached hydrogens (tertiary/aromatic N) is 1. The van der Waals surface area contributed by atoms with Crippen LogP contribution >= 0.6 is 0 Å². The highest BCUT2D eigenvalue weighted by molar-refractivity contribution is 4.82. The van der Waals surface area contributed by atoms with Crippen LogP contribution in [0.5, 0.6) is 0 Å². The fraction of sp³-hybridized carbons (Fsp3) is 0.750. The van der Waals surface area contributed by atoms with Gasteiger partial charge in [0.15, 0.2) is 0 Å². The lowest BCUT2D eigenvalue weighted by Gasteiger charge is -2.24. The first-order chi connectivity index (χ1) is 2.39. The van der Waals surface area contributed by atoms with Gasteiger partial charge in [-0.15, -0.1) is 0 Å². The predicted molar refractivity (Wildman–Crippen MR) is 21.8 cm³/mol. The van der Waals surface area contributed by atoms with Crippen LogP contribution in [0.4, 0.5) is 0 Å². The third-order valence-corrected chi connectivity index (χ3v) is 0.882. The second-order valence-corrected chi connectivity index (χ2v) is 1.51. The first kappa shape index (κ1) is 3.16. The molecule has 1 saturated heterocycles. The zero-order chi connectivity index (χ0) is 3.70. The summed E-state index contributed by atoms with van der Waals surface area (Å²) in [6.45, 7) is 2.39. The van der Waals surface area contributed by atoms with Gasteiger partial charge in [0, 0.05) is 13.1 Å². The number of rotatable bonds is 0. The minimum absolute atomic E-state index is 1.19. The Labute approximate surface area is 32.6 Å². The molecule has 0 spiro atoms. The molecule has 0 aromatic carbocycles. The van der Waals surface area contributed by atoms with E-state index in [1.165, 1.54) is 13.1 Å². The Balaban J connectivity index is 2.08. The van der Waals surface area contributed by atoms with E-state index in [-0.39, 0.29) is 0 Å². The van der Waals surface area contributed by atoms with Crippen LogP contribution in [0.25, 0.3) is 0 Å². The fourth-order valence-corrected chi connectivity index (χ4v) is 0.387. The first-order valence-corrected chi connectivity index (χ1v) is 1.90. The van der Waals surface area contributed by atoms with E-state index in [1.54, 1.807) is 0 Å². The Hall–Kier alpha value is -0.0400. The smallest absolute Gasteiger partial charge is 0.00226 e. The Bertz CT molecular complexity index is 30.6. The second kappa shape index (κ2) is 0.977. The van der Waals surface area contributed by atoms with E-state index in [2.05, 4.69) is 18.4 Å². The molecule has 1 heteroatoms. The van der Waals surface area contributed by atoms with Crippen molar-refractivity contribution in [2.75, 3.05) is 20.1 Å². The van der Waals surface area contributed by atoms with E-state index in [0.717, 1.165) is 0 Å². The molecular weight excluding hydrogens is 62.1 g/mol. The molecule has 1 aliphatic rings. The molecular formula is C4H8N. The fourth-order valence-electron chi connectivity index (χ4n) is 0.387. The van der Waals surface area contributed by atoms with E-state index in [4.69, 9.17) is 0 Å². The van der Waals surface area contributed by atoms with Crippen LogP contribution in [0.15, 0.2) is 0 Å². The minimum atomic E-state index is 1.19. The molecule has 1 nitrogen and oxygen atoms in total. The van der Waals surface area contributed by atoms with Crippen LogP contribution in [-0.4, -0.2) is 25.0 Å². The van der Waals surface area contributed by atoms with Crippen molar-refractivity contribution in [2.24, 2.45) is 0 Å². The van der Waals surface area contributed by atoms with Gasteiger partial charge in [0.25, 0.3) is 0 Å². The van der Waals surface area contributed by atoms with Gasteiger partial charge in [0.1, 0.15) is 0 Å². The third-order valence-electron chi connectivity index (χ3n) is 0.882. The molecule has 0 aromatic rings. The summed E-state index contributed by atoms with van der Waals surface area (Å²) in [7, 11) is 2.11. The van der Waals surface area contributed by atoms with Crippen LogP contribution in [0.1, 0.15) is 0 Å². The molecule has 0 N–H and O–H groups in total. The predicted octanol–water partition coefficient (Wildman–Crippen LogP) is 0.136. The number of likely N-dealkylation sites (tertiary alicyclic amines) is 1. The van der Waals surface area contributed by atoms with Crippen LogP contribution in [0, 0.1) is 6.42 Å². The van der Waals surface area contributed by atoms with Crippen molar-refractivity contribution < 1.29 is 0 Å². The van der Waals surface area contributed by atoms with E-state index in [9.17, 15) is 0 Å². The summed E-state index contributed by atoms with van der Waals surface area (Å²) in [5.74, 6) is 0. The van der Waals surface area contributed by atoms with Gasteiger partial charge in [-0.25, -0.2) is 0 Å². The summed E-state index contributed by atoms with van der Waals surface area (Å²) in [5, 5.41) is 0. The summed E-state index contributed by atoms with van der Waals surface area (Å²) < 4.78 is 0. The molecule has 0 aliphatic carbocycles. The Morgan fingerprint density at radius 3 is 2.00 bits per heavy atom. The lowest BCUT2D eigenvalue weighted by atomic mass is 10.3. The van der Waals surface area contributed by atoms with Crippen molar-refractivity contribution in [2.45, 2.75) is 0 Å². The van der Waals surface area contributed by atoms with Crippen LogP contribution in [0.3, 0.4) is 0 Å². The summed E-state index contributed by atoms with van der Waals surface area (Å²) in [5.41, 5.74) is 0. The highest BCUT2D eigenvalue weighted by Gasteiger charge is 2.05. The number of hydrogen-bond donors (Lipinski definition) is 0. The summed E-state index contributed by atoms with van der Waals surface area (Å²) in [4.78, 5) is 2.25. The third kappa shape index (κ3) is 0.428.